The molecule has 2 aromatic heterocycles. The van der Waals surface area contributed by atoms with Gasteiger partial charge >= 0.3 is 0 Å². The first kappa shape index (κ1) is 17.8. The van der Waals surface area contributed by atoms with Gasteiger partial charge in [0.2, 0.25) is 0 Å². The average Bonchev–Trinajstić information content (AvgIpc) is 2.91. The number of aromatic nitrogens is 4. The highest BCUT2D eigenvalue weighted by Crippen LogP contribution is 2.27. The van der Waals surface area contributed by atoms with E-state index in [0.29, 0.717) is 27.1 Å². The number of hydrogen-bond acceptors (Lipinski definition) is 4. The van der Waals surface area contributed by atoms with Crippen molar-refractivity contribution in [1.29, 1.82) is 0 Å². The number of carbonyl (C=O) groups is 1. The van der Waals surface area contributed by atoms with Gasteiger partial charge in [-0.2, -0.15) is 0 Å². The zero-order chi connectivity index (χ0) is 18.8. The van der Waals surface area contributed by atoms with Crippen molar-refractivity contribution in [2.75, 3.05) is 5.32 Å². The van der Waals surface area contributed by atoms with Crippen molar-refractivity contribution in [2.45, 2.75) is 32.2 Å². The lowest BCUT2D eigenvalue weighted by Gasteiger charge is -2.10. The van der Waals surface area contributed by atoms with Crippen LogP contribution in [-0.4, -0.2) is 25.7 Å². The molecule has 1 N–H and O–H groups in total. The molecule has 138 valence electrons. The first-order chi connectivity index (χ1) is 13.1. The topological polar surface area (TPSA) is 72.7 Å². The maximum atomic E-state index is 14.5. The molecule has 0 unspecified atom stereocenters. The summed E-state index contributed by atoms with van der Waals surface area (Å²) in [7, 11) is 0. The van der Waals surface area contributed by atoms with Gasteiger partial charge in [0.15, 0.2) is 5.82 Å². The number of fused-ring (bicyclic) bond motifs is 1. The molecule has 1 aromatic carbocycles. The summed E-state index contributed by atoms with van der Waals surface area (Å²) in [6.45, 7) is 0.775. The Labute approximate surface area is 164 Å². The molecule has 4 rings (SSSR count). The Bertz CT molecular complexity index is 1000. The molecule has 0 bridgehead atoms. The van der Waals surface area contributed by atoms with Crippen molar-refractivity contribution in [1.82, 2.24) is 19.7 Å². The normalized spacial score (nSPS) is 13.7. The Kier molecular flexibility index (Phi) is 4.98. The van der Waals surface area contributed by atoms with Gasteiger partial charge < -0.3 is 9.88 Å². The van der Waals surface area contributed by atoms with Gasteiger partial charge in [-0.3, -0.25) is 9.78 Å². The number of halogens is 2. The van der Waals surface area contributed by atoms with Gasteiger partial charge in [-0.05, 0) is 53.0 Å². The van der Waals surface area contributed by atoms with Crippen LogP contribution in [0.3, 0.4) is 0 Å². The molecule has 0 aliphatic carbocycles. The smallest absolute Gasteiger partial charge is 0.257 e. The molecule has 0 atom stereocenters. The van der Waals surface area contributed by atoms with Crippen LogP contribution in [0.25, 0.3) is 11.4 Å². The maximum Gasteiger partial charge on any atom is 0.257 e. The number of pyridine rings is 1. The molecule has 3 aromatic rings. The molecule has 0 saturated heterocycles. The van der Waals surface area contributed by atoms with E-state index in [1.165, 1.54) is 18.3 Å². The fourth-order valence-electron chi connectivity index (χ4n) is 3.20. The van der Waals surface area contributed by atoms with Crippen molar-refractivity contribution in [3.05, 3.63) is 58.3 Å². The fraction of sp³-hybridized carbons (Fsp3) is 0.263. The van der Waals surface area contributed by atoms with E-state index in [9.17, 15) is 9.18 Å². The Morgan fingerprint density at radius 2 is 2.04 bits per heavy atom. The van der Waals surface area contributed by atoms with Gasteiger partial charge in [0, 0.05) is 35.5 Å². The van der Waals surface area contributed by atoms with Crippen molar-refractivity contribution < 1.29 is 9.18 Å². The lowest BCUT2D eigenvalue weighted by molar-refractivity contribution is 0.102. The lowest BCUT2D eigenvalue weighted by Crippen LogP contribution is -2.12. The van der Waals surface area contributed by atoms with Crippen LogP contribution in [0.15, 0.2) is 41.1 Å². The van der Waals surface area contributed by atoms with Gasteiger partial charge in [-0.1, -0.05) is 6.42 Å². The lowest BCUT2D eigenvalue weighted by atomic mass is 10.1. The molecule has 1 aliphatic heterocycles. The molecule has 0 saturated carbocycles. The highest BCUT2D eigenvalue weighted by atomic mass is 79.9. The minimum atomic E-state index is -0.392. The zero-order valence-corrected chi connectivity index (χ0v) is 16.0. The van der Waals surface area contributed by atoms with E-state index in [0.717, 1.165) is 38.1 Å². The number of anilines is 1. The van der Waals surface area contributed by atoms with E-state index in [2.05, 4.69) is 36.4 Å². The first-order valence-electron chi connectivity index (χ1n) is 8.76. The Morgan fingerprint density at radius 1 is 1.15 bits per heavy atom. The van der Waals surface area contributed by atoms with E-state index in [-0.39, 0.29) is 5.91 Å². The van der Waals surface area contributed by atoms with Crippen LogP contribution < -0.4 is 5.32 Å². The standard InChI is InChI=1S/C19H17BrFN5O/c20-13-8-12(10-22-11-13)19(27)23-14-5-6-16(21)15(9-14)18-25-24-17-4-2-1-3-7-26(17)18/h5-6,8-11H,1-4,7H2,(H,23,27). The SMILES string of the molecule is O=C(Nc1ccc(F)c(-c2nnc3n2CCCCC3)c1)c1cncc(Br)c1. The molecule has 1 aliphatic rings. The summed E-state index contributed by atoms with van der Waals surface area (Å²) in [6.07, 6.45) is 7.14. The summed E-state index contributed by atoms with van der Waals surface area (Å²) >= 11 is 3.29. The van der Waals surface area contributed by atoms with Gasteiger partial charge in [0.25, 0.3) is 5.91 Å². The van der Waals surface area contributed by atoms with E-state index in [4.69, 9.17) is 0 Å². The second kappa shape index (κ2) is 7.56. The number of hydrogen-bond donors (Lipinski definition) is 1. The Morgan fingerprint density at radius 3 is 2.89 bits per heavy atom. The van der Waals surface area contributed by atoms with Crippen LogP contribution in [-0.2, 0) is 13.0 Å². The van der Waals surface area contributed by atoms with Crippen molar-refractivity contribution in [3.8, 4) is 11.4 Å². The predicted molar refractivity (Wildman–Crippen MR) is 103 cm³/mol. The van der Waals surface area contributed by atoms with Gasteiger partial charge in [0.1, 0.15) is 11.6 Å². The van der Waals surface area contributed by atoms with E-state index in [1.807, 2.05) is 4.57 Å². The average molecular weight is 430 g/mol. The summed E-state index contributed by atoms with van der Waals surface area (Å²) in [5.74, 6) is 0.680. The number of amides is 1. The molecule has 0 radical (unpaired) electrons. The van der Waals surface area contributed by atoms with Crippen LogP contribution >= 0.6 is 15.9 Å². The largest absolute Gasteiger partial charge is 0.322 e. The number of nitrogens with one attached hydrogen (secondary N) is 1. The molecule has 1 amide bonds. The van der Waals surface area contributed by atoms with Crippen molar-refractivity contribution >= 4 is 27.5 Å². The van der Waals surface area contributed by atoms with Crippen molar-refractivity contribution in [3.63, 3.8) is 0 Å². The van der Waals surface area contributed by atoms with E-state index < -0.39 is 5.82 Å². The predicted octanol–water partition coefficient (Wildman–Crippen LogP) is 4.22. The zero-order valence-electron chi connectivity index (χ0n) is 14.5. The summed E-state index contributed by atoms with van der Waals surface area (Å²) in [6, 6.07) is 6.14. The summed E-state index contributed by atoms with van der Waals surface area (Å²) in [5.41, 5.74) is 1.23. The minimum Gasteiger partial charge on any atom is -0.322 e. The van der Waals surface area contributed by atoms with Crippen LogP contribution in [0.4, 0.5) is 10.1 Å². The van der Waals surface area contributed by atoms with Gasteiger partial charge in [-0.15, -0.1) is 10.2 Å². The number of nitrogens with zero attached hydrogens (tertiary/aromatic N) is 4. The van der Waals surface area contributed by atoms with Crippen LogP contribution in [0.2, 0.25) is 0 Å². The molecular formula is C19H17BrFN5O. The summed E-state index contributed by atoms with van der Waals surface area (Å²) in [4.78, 5) is 16.4. The molecule has 3 heterocycles. The van der Waals surface area contributed by atoms with Crippen LogP contribution in [0.5, 0.6) is 0 Å². The molecule has 27 heavy (non-hydrogen) atoms. The number of aryl methyl sites for hydroxylation is 1. The molecule has 0 spiro atoms. The molecular weight excluding hydrogens is 413 g/mol. The summed E-state index contributed by atoms with van der Waals surface area (Å²) in [5, 5.41) is 11.2. The maximum absolute atomic E-state index is 14.5. The van der Waals surface area contributed by atoms with E-state index >= 15 is 0 Å². The quantitative estimate of drug-likeness (QED) is 0.676. The second-order valence-corrected chi connectivity index (χ2v) is 7.36. The first-order valence-corrected chi connectivity index (χ1v) is 9.55. The van der Waals surface area contributed by atoms with Gasteiger partial charge in [-0.25, -0.2) is 4.39 Å². The Hall–Kier alpha value is -2.61. The third-order valence-electron chi connectivity index (χ3n) is 4.54. The Balaban J connectivity index is 1.64. The number of benzene rings is 1. The monoisotopic (exact) mass is 429 g/mol. The van der Waals surface area contributed by atoms with Crippen LogP contribution in [0.1, 0.15) is 35.4 Å². The highest BCUT2D eigenvalue weighted by Gasteiger charge is 2.19. The van der Waals surface area contributed by atoms with E-state index in [1.54, 1.807) is 18.3 Å². The number of carbonyl (C=O) groups excluding carboxylic acids is 1. The fourth-order valence-corrected chi connectivity index (χ4v) is 3.56. The molecule has 0 fully saturated rings. The summed E-state index contributed by atoms with van der Waals surface area (Å²) < 4.78 is 17.2. The van der Waals surface area contributed by atoms with Crippen molar-refractivity contribution in [2.24, 2.45) is 0 Å². The minimum absolute atomic E-state index is 0.318. The molecule has 6 nitrogen and oxygen atoms in total. The second-order valence-electron chi connectivity index (χ2n) is 6.44. The number of rotatable bonds is 3. The van der Waals surface area contributed by atoms with Gasteiger partial charge in [0.05, 0.1) is 11.1 Å². The third-order valence-corrected chi connectivity index (χ3v) is 4.98. The highest BCUT2D eigenvalue weighted by molar-refractivity contribution is 9.10. The molecule has 8 heteroatoms. The van der Waals surface area contributed by atoms with Crippen LogP contribution in [0, 0.1) is 5.82 Å². The third kappa shape index (κ3) is 3.75.